The summed E-state index contributed by atoms with van der Waals surface area (Å²) in [5, 5.41) is 10.8. The van der Waals surface area contributed by atoms with Gasteiger partial charge in [-0.15, -0.1) is 5.92 Å². The second-order valence-electron chi connectivity index (χ2n) is 5.31. The van der Waals surface area contributed by atoms with Gasteiger partial charge in [0, 0.05) is 12.4 Å². The van der Waals surface area contributed by atoms with Crippen molar-refractivity contribution in [3.05, 3.63) is 65.2 Å². The first-order valence-corrected chi connectivity index (χ1v) is 7.49. The number of rotatable bonds is 6. The Labute approximate surface area is 165 Å². The summed E-state index contributed by atoms with van der Waals surface area (Å²) in [5.74, 6) is 4.96. The molecule has 0 aliphatic rings. The van der Waals surface area contributed by atoms with E-state index in [1.165, 1.54) is 5.56 Å². The molecule has 2 aromatic carbocycles. The molecule has 1 atom stereocenters. The van der Waals surface area contributed by atoms with Crippen molar-refractivity contribution in [2.75, 3.05) is 0 Å². The van der Waals surface area contributed by atoms with Crippen LogP contribution in [0.25, 0.3) is 0 Å². The molecule has 3 nitrogen and oxygen atoms in total. The van der Waals surface area contributed by atoms with E-state index in [-0.39, 0.29) is 41.9 Å². The number of benzene rings is 2. The Morgan fingerprint density at radius 3 is 2.42 bits per heavy atom. The molecule has 0 saturated carbocycles. The molecular weight excluding hydrogens is 311 g/mol. The monoisotopic (exact) mass is 330 g/mol. The van der Waals surface area contributed by atoms with Gasteiger partial charge in [-0.2, -0.15) is 0 Å². The largest absolute Gasteiger partial charge is 1.00 e. The third kappa shape index (κ3) is 6.05. The number of carbonyl (C=O) groups excluding carboxylic acids is 1. The summed E-state index contributed by atoms with van der Waals surface area (Å²) < 4.78 is 5.78. The van der Waals surface area contributed by atoms with Crippen LogP contribution in [0.1, 0.15) is 36.0 Å². The van der Waals surface area contributed by atoms with Gasteiger partial charge >= 0.3 is 29.6 Å². The van der Waals surface area contributed by atoms with Gasteiger partial charge in [-0.25, -0.2) is 0 Å². The van der Waals surface area contributed by atoms with E-state index in [0.717, 1.165) is 16.9 Å². The van der Waals surface area contributed by atoms with Crippen LogP contribution in [0.3, 0.4) is 0 Å². The predicted octanol–water partition coefficient (Wildman–Crippen LogP) is -0.175. The molecule has 0 spiro atoms. The van der Waals surface area contributed by atoms with Crippen molar-refractivity contribution in [3.8, 4) is 17.6 Å². The van der Waals surface area contributed by atoms with Crippen LogP contribution < -0.4 is 39.4 Å². The van der Waals surface area contributed by atoms with Crippen molar-refractivity contribution < 1.29 is 44.2 Å². The molecule has 0 unspecified atom stereocenters. The van der Waals surface area contributed by atoms with Gasteiger partial charge in [0.2, 0.25) is 0 Å². The molecule has 0 heterocycles. The van der Waals surface area contributed by atoms with Crippen LogP contribution in [-0.4, -0.2) is 5.97 Å². The van der Waals surface area contributed by atoms with Gasteiger partial charge in [0.15, 0.2) is 0 Å². The first-order chi connectivity index (χ1) is 11.1. The fraction of sp³-hybridized carbons (Fsp3) is 0.250. The third-order valence-electron chi connectivity index (χ3n) is 3.63. The Morgan fingerprint density at radius 1 is 1.17 bits per heavy atom. The molecule has 118 valence electrons. The van der Waals surface area contributed by atoms with E-state index in [2.05, 4.69) is 24.8 Å². The molecule has 0 N–H and O–H groups in total. The molecule has 0 amide bonds. The molecule has 0 saturated heterocycles. The van der Waals surface area contributed by atoms with Crippen molar-refractivity contribution in [2.45, 2.75) is 32.8 Å². The first kappa shape index (κ1) is 20.3. The SMILES string of the molecule is CC#C[C@@H](CC(=O)[O-])c1ccc(OCc2ccccc2C)cc1.[Na+]. The zero-order valence-corrected chi connectivity index (χ0v) is 16.3. The van der Waals surface area contributed by atoms with Gasteiger partial charge in [-0.1, -0.05) is 42.3 Å². The molecule has 0 fully saturated rings. The summed E-state index contributed by atoms with van der Waals surface area (Å²) in [6, 6.07) is 15.5. The van der Waals surface area contributed by atoms with E-state index in [0.29, 0.717) is 6.61 Å². The smallest absolute Gasteiger partial charge is 0.550 e. The van der Waals surface area contributed by atoms with Crippen LogP contribution in [0.2, 0.25) is 0 Å². The molecule has 2 aromatic rings. The molecular formula is C20H19NaO3. The van der Waals surface area contributed by atoms with E-state index in [1.807, 2.05) is 42.5 Å². The van der Waals surface area contributed by atoms with Crippen LogP contribution in [-0.2, 0) is 11.4 Å². The Morgan fingerprint density at radius 2 is 1.83 bits per heavy atom. The summed E-state index contributed by atoms with van der Waals surface area (Å²) in [7, 11) is 0. The molecule has 0 aliphatic carbocycles. The minimum absolute atomic E-state index is 0. The number of carboxylic acid groups (broad SMARTS) is 1. The Kier molecular flexibility index (Phi) is 8.63. The summed E-state index contributed by atoms with van der Waals surface area (Å²) in [5.41, 5.74) is 3.19. The quantitative estimate of drug-likeness (QED) is 0.546. The van der Waals surface area contributed by atoms with E-state index in [1.54, 1.807) is 6.92 Å². The zero-order chi connectivity index (χ0) is 16.7. The number of aryl methyl sites for hydroxylation is 1. The van der Waals surface area contributed by atoms with Gasteiger partial charge in [0.05, 0.1) is 5.92 Å². The molecule has 4 heteroatoms. The van der Waals surface area contributed by atoms with Gasteiger partial charge < -0.3 is 14.6 Å². The topological polar surface area (TPSA) is 49.4 Å². The average Bonchev–Trinajstić information content (AvgIpc) is 2.54. The number of hydrogen-bond donors (Lipinski definition) is 0. The normalized spacial score (nSPS) is 10.8. The molecule has 24 heavy (non-hydrogen) atoms. The minimum Gasteiger partial charge on any atom is -0.550 e. The summed E-state index contributed by atoms with van der Waals surface area (Å²) in [4.78, 5) is 10.8. The van der Waals surface area contributed by atoms with Gasteiger partial charge in [-0.3, -0.25) is 0 Å². The van der Waals surface area contributed by atoms with E-state index < -0.39 is 5.97 Å². The number of aliphatic carboxylic acids is 1. The Bertz CT molecular complexity index is 727. The maximum Gasteiger partial charge on any atom is 1.00 e. The van der Waals surface area contributed by atoms with Crippen molar-refractivity contribution in [3.63, 3.8) is 0 Å². The molecule has 0 bridgehead atoms. The summed E-state index contributed by atoms with van der Waals surface area (Å²) >= 11 is 0. The second-order valence-corrected chi connectivity index (χ2v) is 5.31. The van der Waals surface area contributed by atoms with E-state index in [9.17, 15) is 9.90 Å². The second kappa shape index (κ2) is 10.2. The third-order valence-corrected chi connectivity index (χ3v) is 3.63. The van der Waals surface area contributed by atoms with Crippen LogP contribution in [0, 0.1) is 18.8 Å². The van der Waals surface area contributed by atoms with Crippen LogP contribution in [0.5, 0.6) is 5.75 Å². The van der Waals surface area contributed by atoms with Crippen molar-refractivity contribution >= 4 is 5.97 Å². The van der Waals surface area contributed by atoms with Crippen molar-refractivity contribution in [1.29, 1.82) is 0 Å². The maximum absolute atomic E-state index is 10.8. The fourth-order valence-electron chi connectivity index (χ4n) is 2.32. The zero-order valence-electron chi connectivity index (χ0n) is 14.3. The van der Waals surface area contributed by atoms with Crippen LogP contribution >= 0.6 is 0 Å². The van der Waals surface area contributed by atoms with Crippen LogP contribution in [0.4, 0.5) is 0 Å². The number of carbonyl (C=O) groups is 1. The average molecular weight is 330 g/mol. The van der Waals surface area contributed by atoms with Crippen molar-refractivity contribution in [2.24, 2.45) is 0 Å². The van der Waals surface area contributed by atoms with E-state index >= 15 is 0 Å². The standard InChI is InChI=1S/C20H20O3.Na/c1-3-6-17(13-20(21)22)16-9-11-19(12-10-16)23-14-18-8-5-4-7-15(18)2;/h4-5,7-12,17H,13-14H2,1-2H3,(H,21,22);/q;+1/p-1/t17-;/m0./s1. The van der Waals surface area contributed by atoms with Crippen LogP contribution in [0.15, 0.2) is 48.5 Å². The number of carboxylic acids is 1. The van der Waals surface area contributed by atoms with Gasteiger partial charge in [0.25, 0.3) is 0 Å². The summed E-state index contributed by atoms with van der Waals surface area (Å²) in [6.45, 7) is 4.25. The molecule has 0 radical (unpaired) electrons. The number of hydrogen-bond acceptors (Lipinski definition) is 3. The minimum atomic E-state index is -1.10. The fourth-order valence-corrected chi connectivity index (χ4v) is 2.32. The molecule has 2 rings (SSSR count). The van der Waals surface area contributed by atoms with E-state index in [4.69, 9.17) is 4.74 Å². The predicted molar refractivity (Wildman–Crippen MR) is 87.8 cm³/mol. The first-order valence-electron chi connectivity index (χ1n) is 7.49. The number of ether oxygens (including phenoxy) is 1. The molecule has 0 aromatic heterocycles. The Balaban J connectivity index is 0.00000288. The molecule has 0 aliphatic heterocycles. The maximum atomic E-state index is 10.8. The van der Waals surface area contributed by atoms with Gasteiger partial charge in [-0.05, 0) is 42.7 Å². The van der Waals surface area contributed by atoms with Gasteiger partial charge in [0.1, 0.15) is 12.4 Å². The Hall–Kier alpha value is -1.73. The van der Waals surface area contributed by atoms with Crippen molar-refractivity contribution in [1.82, 2.24) is 0 Å². The summed E-state index contributed by atoms with van der Waals surface area (Å²) in [6.07, 6.45) is -0.107.